The van der Waals surface area contributed by atoms with Crippen LogP contribution in [-0.2, 0) is 16.0 Å². The first-order valence-electron chi connectivity index (χ1n) is 6.18. The molecule has 2 N–H and O–H groups in total. The molecule has 6 heteroatoms. The van der Waals surface area contributed by atoms with E-state index in [4.69, 9.17) is 10.5 Å². The molecule has 2 atom stereocenters. The number of anilines is 1. The Morgan fingerprint density at radius 3 is 2.58 bits per heavy atom. The number of hydrogen-bond donors (Lipinski definition) is 1. The van der Waals surface area contributed by atoms with E-state index in [1.54, 1.807) is 18.3 Å². The van der Waals surface area contributed by atoms with E-state index in [1.807, 2.05) is 18.7 Å². The zero-order valence-corrected chi connectivity index (χ0v) is 12.0. The van der Waals surface area contributed by atoms with Crippen molar-refractivity contribution in [2.75, 3.05) is 18.8 Å². The van der Waals surface area contributed by atoms with Crippen LogP contribution in [0.3, 0.4) is 0 Å². The predicted molar refractivity (Wildman–Crippen MR) is 76.2 cm³/mol. The van der Waals surface area contributed by atoms with Crippen molar-refractivity contribution in [3.05, 3.63) is 24.0 Å². The van der Waals surface area contributed by atoms with Gasteiger partial charge in [-0.25, -0.2) is 0 Å². The maximum absolute atomic E-state index is 12.1. The van der Waals surface area contributed by atoms with Crippen molar-refractivity contribution in [2.45, 2.75) is 32.5 Å². The van der Waals surface area contributed by atoms with E-state index in [9.17, 15) is 4.79 Å². The third kappa shape index (κ3) is 4.36. The Kier molecular flexibility index (Phi) is 5.57. The summed E-state index contributed by atoms with van der Waals surface area (Å²) >= 11 is 0. The van der Waals surface area contributed by atoms with Gasteiger partial charge in [0, 0.05) is 18.8 Å². The molecular formula is C13H20ClN3O2. The number of amides is 1. The molecule has 0 bridgehead atoms. The number of morpholine rings is 1. The van der Waals surface area contributed by atoms with Gasteiger partial charge < -0.3 is 15.4 Å². The molecule has 0 saturated carbocycles. The third-order valence-corrected chi connectivity index (χ3v) is 2.95. The van der Waals surface area contributed by atoms with E-state index in [-0.39, 0.29) is 30.5 Å². The predicted octanol–water partition coefficient (Wildman–Crippen LogP) is 1.26. The first-order chi connectivity index (χ1) is 8.54. The lowest BCUT2D eigenvalue weighted by molar-refractivity contribution is -0.142. The maximum Gasteiger partial charge on any atom is 0.228 e. The number of hydrogen-bond acceptors (Lipinski definition) is 4. The lowest BCUT2D eigenvalue weighted by Crippen LogP contribution is -2.48. The summed E-state index contributed by atoms with van der Waals surface area (Å²) in [4.78, 5) is 18.1. The van der Waals surface area contributed by atoms with Crippen LogP contribution in [0.2, 0.25) is 0 Å². The van der Waals surface area contributed by atoms with Gasteiger partial charge in [-0.1, -0.05) is 0 Å². The number of pyridine rings is 1. The summed E-state index contributed by atoms with van der Waals surface area (Å²) in [6, 6.07) is 3.56. The SMILES string of the molecule is CC1CN(C(=O)Cc2ccc(N)cn2)CC(C)O1.Cl. The standard InChI is InChI=1S/C13H19N3O2.ClH/c1-9-7-16(8-10(2)18-9)13(17)5-12-4-3-11(14)6-15-12;/h3-4,6,9-10H,5,7-8,14H2,1-2H3;1H. The zero-order chi connectivity index (χ0) is 13.1. The molecule has 0 spiro atoms. The molecule has 1 aromatic heterocycles. The van der Waals surface area contributed by atoms with Crippen LogP contribution in [0.25, 0.3) is 0 Å². The fourth-order valence-electron chi connectivity index (χ4n) is 2.19. The summed E-state index contributed by atoms with van der Waals surface area (Å²) in [5.41, 5.74) is 6.92. The van der Waals surface area contributed by atoms with Crippen molar-refractivity contribution >= 4 is 24.0 Å². The highest BCUT2D eigenvalue weighted by Crippen LogP contribution is 2.12. The van der Waals surface area contributed by atoms with Crippen LogP contribution in [0.15, 0.2) is 18.3 Å². The van der Waals surface area contributed by atoms with Crippen molar-refractivity contribution in [1.82, 2.24) is 9.88 Å². The van der Waals surface area contributed by atoms with Crippen LogP contribution < -0.4 is 5.73 Å². The number of aromatic nitrogens is 1. The van der Waals surface area contributed by atoms with Crippen LogP contribution in [0.4, 0.5) is 5.69 Å². The number of rotatable bonds is 2. The molecule has 19 heavy (non-hydrogen) atoms. The van der Waals surface area contributed by atoms with Crippen LogP contribution >= 0.6 is 12.4 Å². The second-order valence-corrected chi connectivity index (χ2v) is 4.82. The molecule has 2 heterocycles. The van der Waals surface area contributed by atoms with Gasteiger partial charge in [0.2, 0.25) is 5.91 Å². The van der Waals surface area contributed by atoms with Gasteiger partial charge in [0.15, 0.2) is 0 Å². The Labute approximate surface area is 119 Å². The fourth-order valence-corrected chi connectivity index (χ4v) is 2.19. The normalized spacial score (nSPS) is 22.7. The molecule has 1 saturated heterocycles. The average molecular weight is 286 g/mol. The summed E-state index contributed by atoms with van der Waals surface area (Å²) in [7, 11) is 0. The van der Waals surface area contributed by atoms with E-state index in [0.29, 0.717) is 25.2 Å². The second kappa shape index (κ2) is 6.73. The lowest BCUT2D eigenvalue weighted by atomic mass is 10.2. The first kappa shape index (κ1) is 15.7. The fraction of sp³-hybridized carbons (Fsp3) is 0.538. The molecule has 0 radical (unpaired) electrons. The first-order valence-corrected chi connectivity index (χ1v) is 6.18. The van der Waals surface area contributed by atoms with Crippen LogP contribution in [-0.4, -0.2) is 41.1 Å². The number of carbonyl (C=O) groups excluding carboxylic acids is 1. The monoisotopic (exact) mass is 285 g/mol. The molecule has 1 aliphatic rings. The summed E-state index contributed by atoms with van der Waals surface area (Å²) in [6.07, 6.45) is 2.08. The molecule has 1 aromatic rings. The lowest BCUT2D eigenvalue weighted by Gasteiger charge is -2.35. The Bertz CT molecular complexity index is 414. The molecule has 1 amide bonds. The van der Waals surface area contributed by atoms with Crippen molar-refractivity contribution in [3.8, 4) is 0 Å². The van der Waals surface area contributed by atoms with Crippen LogP contribution in [0.5, 0.6) is 0 Å². The van der Waals surface area contributed by atoms with Gasteiger partial charge in [0.1, 0.15) is 0 Å². The second-order valence-electron chi connectivity index (χ2n) is 4.82. The number of halogens is 1. The van der Waals surface area contributed by atoms with Crippen molar-refractivity contribution in [1.29, 1.82) is 0 Å². The highest BCUT2D eigenvalue weighted by molar-refractivity contribution is 5.85. The number of carbonyl (C=O) groups is 1. The summed E-state index contributed by atoms with van der Waals surface area (Å²) in [5, 5.41) is 0. The van der Waals surface area contributed by atoms with Gasteiger partial charge in [-0.2, -0.15) is 0 Å². The van der Waals surface area contributed by atoms with E-state index in [0.717, 1.165) is 5.69 Å². The van der Waals surface area contributed by atoms with Crippen molar-refractivity contribution < 1.29 is 9.53 Å². The van der Waals surface area contributed by atoms with Crippen molar-refractivity contribution in [3.63, 3.8) is 0 Å². The largest absolute Gasteiger partial charge is 0.397 e. The molecule has 106 valence electrons. The zero-order valence-electron chi connectivity index (χ0n) is 11.2. The third-order valence-electron chi connectivity index (χ3n) is 2.95. The van der Waals surface area contributed by atoms with E-state index in [2.05, 4.69) is 4.98 Å². The number of nitrogens with zero attached hydrogens (tertiary/aromatic N) is 2. The van der Waals surface area contributed by atoms with Gasteiger partial charge in [-0.3, -0.25) is 9.78 Å². The molecular weight excluding hydrogens is 266 g/mol. The minimum absolute atomic E-state index is 0. The number of nitrogen functional groups attached to an aromatic ring is 1. The van der Waals surface area contributed by atoms with Gasteiger partial charge >= 0.3 is 0 Å². The maximum atomic E-state index is 12.1. The number of nitrogens with two attached hydrogens (primary N) is 1. The molecule has 0 aromatic carbocycles. The highest BCUT2D eigenvalue weighted by atomic mass is 35.5. The molecule has 1 fully saturated rings. The molecule has 2 unspecified atom stereocenters. The van der Waals surface area contributed by atoms with Gasteiger partial charge in [-0.05, 0) is 26.0 Å². The Balaban J connectivity index is 0.00000180. The van der Waals surface area contributed by atoms with E-state index < -0.39 is 0 Å². The van der Waals surface area contributed by atoms with Gasteiger partial charge in [0.25, 0.3) is 0 Å². The Hall–Kier alpha value is -1.33. The molecule has 2 rings (SSSR count). The van der Waals surface area contributed by atoms with Crippen LogP contribution in [0.1, 0.15) is 19.5 Å². The summed E-state index contributed by atoms with van der Waals surface area (Å²) < 4.78 is 5.61. The molecule has 5 nitrogen and oxygen atoms in total. The average Bonchev–Trinajstić information content (AvgIpc) is 2.31. The van der Waals surface area contributed by atoms with Crippen molar-refractivity contribution in [2.24, 2.45) is 0 Å². The van der Waals surface area contributed by atoms with E-state index >= 15 is 0 Å². The Morgan fingerprint density at radius 1 is 1.42 bits per heavy atom. The van der Waals surface area contributed by atoms with Gasteiger partial charge in [0.05, 0.1) is 30.5 Å². The van der Waals surface area contributed by atoms with Crippen LogP contribution in [0, 0.1) is 0 Å². The molecule has 1 aliphatic heterocycles. The summed E-state index contributed by atoms with van der Waals surface area (Å²) in [5.74, 6) is 0.0919. The number of ether oxygens (including phenoxy) is 1. The Morgan fingerprint density at radius 2 is 2.05 bits per heavy atom. The van der Waals surface area contributed by atoms with E-state index in [1.165, 1.54) is 0 Å². The summed E-state index contributed by atoms with van der Waals surface area (Å²) in [6.45, 7) is 5.27. The minimum atomic E-state index is 0. The smallest absolute Gasteiger partial charge is 0.228 e. The molecule has 0 aliphatic carbocycles. The topological polar surface area (TPSA) is 68.5 Å². The minimum Gasteiger partial charge on any atom is -0.397 e. The quantitative estimate of drug-likeness (QED) is 0.888. The highest BCUT2D eigenvalue weighted by Gasteiger charge is 2.25. The van der Waals surface area contributed by atoms with Gasteiger partial charge in [-0.15, -0.1) is 12.4 Å².